The lowest BCUT2D eigenvalue weighted by Crippen LogP contribution is -2.17. The summed E-state index contributed by atoms with van der Waals surface area (Å²) in [6.07, 6.45) is 1.26. The maximum atomic E-state index is 13.8. The number of benzene rings is 1. The van der Waals surface area contributed by atoms with Gasteiger partial charge in [0.1, 0.15) is 11.6 Å². The van der Waals surface area contributed by atoms with Crippen LogP contribution in [0.15, 0.2) is 29.3 Å². The summed E-state index contributed by atoms with van der Waals surface area (Å²) in [5, 5.41) is 11.5. The lowest BCUT2D eigenvalue weighted by molar-refractivity contribution is 0.631. The highest BCUT2D eigenvalue weighted by Crippen LogP contribution is 2.23. The van der Waals surface area contributed by atoms with Crippen LogP contribution in [0.3, 0.4) is 0 Å². The Morgan fingerprint density at radius 2 is 2.20 bits per heavy atom. The van der Waals surface area contributed by atoms with E-state index in [4.69, 9.17) is 5.26 Å². The standard InChI is InChI=1S/C14H13FN4O/c1-8(2)12-13(17-7-18-14(12)20)19-11-4-3-9(6-16)5-10(11)15/h3-5,7-8H,1-2H3,(H2,17,18,19,20). The molecule has 2 N–H and O–H groups in total. The van der Waals surface area contributed by atoms with Gasteiger partial charge in [-0.1, -0.05) is 13.8 Å². The first kappa shape index (κ1) is 13.7. The van der Waals surface area contributed by atoms with Crippen molar-refractivity contribution in [1.29, 1.82) is 5.26 Å². The number of hydrogen-bond acceptors (Lipinski definition) is 4. The molecule has 1 aromatic carbocycles. The highest BCUT2D eigenvalue weighted by molar-refractivity contribution is 5.61. The van der Waals surface area contributed by atoms with Crippen molar-refractivity contribution < 1.29 is 4.39 Å². The van der Waals surface area contributed by atoms with Crippen LogP contribution in [0.5, 0.6) is 0 Å². The van der Waals surface area contributed by atoms with E-state index in [1.807, 2.05) is 19.9 Å². The van der Waals surface area contributed by atoms with E-state index in [1.54, 1.807) is 0 Å². The predicted octanol–water partition coefficient (Wildman–Crippen LogP) is 2.65. The van der Waals surface area contributed by atoms with Crippen LogP contribution in [0.25, 0.3) is 0 Å². The summed E-state index contributed by atoms with van der Waals surface area (Å²) < 4.78 is 13.8. The Labute approximate surface area is 115 Å². The number of anilines is 2. The molecule has 0 saturated carbocycles. The predicted molar refractivity (Wildman–Crippen MR) is 73.3 cm³/mol. The average molecular weight is 272 g/mol. The fourth-order valence-electron chi connectivity index (χ4n) is 1.86. The van der Waals surface area contributed by atoms with Crippen LogP contribution in [0.1, 0.15) is 30.9 Å². The number of rotatable bonds is 3. The Morgan fingerprint density at radius 3 is 2.80 bits per heavy atom. The monoisotopic (exact) mass is 272 g/mol. The largest absolute Gasteiger partial charge is 0.337 e. The molecule has 0 spiro atoms. The summed E-state index contributed by atoms with van der Waals surface area (Å²) in [6.45, 7) is 3.71. The second-order valence-corrected chi connectivity index (χ2v) is 4.58. The van der Waals surface area contributed by atoms with Crippen LogP contribution >= 0.6 is 0 Å². The van der Waals surface area contributed by atoms with Crippen LogP contribution in [0.4, 0.5) is 15.9 Å². The molecule has 5 nitrogen and oxygen atoms in total. The van der Waals surface area contributed by atoms with Gasteiger partial charge in [-0.05, 0) is 24.1 Å². The highest BCUT2D eigenvalue weighted by atomic mass is 19.1. The normalized spacial score (nSPS) is 10.3. The van der Waals surface area contributed by atoms with Gasteiger partial charge in [0.2, 0.25) is 0 Å². The summed E-state index contributed by atoms with van der Waals surface area (Å²) >= 11 is 0. The van der Waals surface area contributed by atoms with Crippen LogP contribution in [0.2, 0.25) is 0 Å². The molecule has 2 rings (SSSR count). The minimum atomic E-state index is -0.569. The minimum Gasteiger partial charge on any atom is -0.337 e. The summed E-state index contributed by atoms with van der Waals surface area (Å²) in [5.74, 6) is -0.315. The fourth-order valence-corrected chi connectivity index (χ4v) is 1.86. The van der Waals surface area contributed by atoms with Gasteiger partial charge in [0, 0.05) is 0 Å². The van der Waals surface area contributed by atoms with Gasteiger partial charge in [0.25, 0.3) is 5.56 Å². The van der Waals surface area contributed by atoms with Crippen molar-refractivity contribution in [1.82, 2.24) is 9.97 Å². The van der Waals surface area contributed by atoms with Gasteiger partial charge in [0.05, 0.1) is 29.2 Å². The van der Waals surface area contributed by atoms with Gasteiger partial charge in [-0.2, -0.15) is 5.26 Å². The van der Waals surface area contributed by atoms with Crippen molar-refractivity contribution in [3.8, 4) is 6.07 Å². The fraction of sp³-hybridized carbons (Fsp3) is 0.214. The van der Waals surface area contributed by atoms with E-state index in [-0.39, 0.29) is 22.7 Å². The molecular weight excluding hydrogens is 259 g/mol. The molecule has 0 amide bonds. The van der Waals surface area contributed by atoms with Crippen molar-refractivity contribution in [3.05, 3.63) is 51.8 Å². The quantitative estimate of drug-likeness (QED) is 0.900. The molecule has 0 aliphatic carbocycles. The third-order valence-corrected chi connectivity index (χ3v) is 2.82. The topological polar surface area (TPSA) is 81.6 Å². The van der Waals surface area contributed by atoms with Crippen molar-refractivity contribution in [2.24, 2.45) is 0 Å². The van der Waals surface area contributed by atoms with Gasteiger partial charge in [0.15, 0.2) is 0 Å². The van der Waals surface area contributed by atoms with Crippen molar-refractivity contribution in [3.63, 3.8) is 0 Å². The molecule has 102 valence electrons. The first-order chi connectivity index (χ1) is 9.52. The molecule has 0 aliphatic rings. The molecule has 0 saturated heterocycles. The second kappa shape index (κ2) is 5.53. The summed E-state index contributed by atoms with van der Waals surface area (Å²) in [7, 11) is 0. The average Bonchev–Trinajstić information content (AvgIpc) is 2.40. The van der Waals surface area contributed by atoms with Crippen LogP contribution in [-0.2, 0) is 0 Å². The number of aromatic amines is 1. The number of nitrogens with one attached hydrogen (secondary N) is 2. The van der Waals surface area contributed by atoms with Crippen molar-refractivity contribution >= 4 is 11.5 Å². The molecule has 0 bridgehead atoms. The minimum absolute atomic E-state index is 0.0589. The second-order valence-electron chi connectivity index (χ2n) is 4.58. The third kappa shape index (κ3) is 2.67. The number of nitrogens with zero attached hydrogens (tertiary/aromatic N) is 2. The lowest BCUT2D eigenvalue weighted by atomic mass is 10.1. The number of halogens is 1. The van der Waals surface area contributed by atoms with E-state index >= 15 is 0 Å². The zero-order valence-electron chi connectivity index (χ0n) is 11.1. The smallest absolute Gasteiger partial charge is 0.256 e. The lowest BCUT2D eigenvalue weighted by Gasteiger charge is -2.12. The zero-order chi connectivity index (χ0) is 14.7. The van der Waals surface area contributed by atoms with Crippen LogP contribution in [0, 0.1) is 17.1 Å². The molecule has 2 aromatic rings. The molecule has 0 aliphatic heterocycles. The first-order valence-corrected chi connectivity index (χ1v) is 6.07. The Bertz CT molecular complexity index is 731. The molecule has 0 fully saturated rings. The molecule has 6 heteroatoms. The SMILES string of the molecule is CC(C)c1c(Nc2ccc(C#N)cc2F)nc[nH]c1=O. The summed E-state index contributed by atoms with van der Waals surface area (Å²) in [4.78, 5) is 18.3. The zero-order valence-corrected chi connectivity index (χ0v) is 11.1. The Kier molecular flexibility index (Phi) is 3.80. The molecular formula is C14H13FN4O. The number of nitriles is 1. The van der Waals surface area contributed by atoms with Crippen LogP contribution < -0.4 is 10.9 Å². The third-order valence-electron chi connectivity index (χ3n) is 2.82. The Morgan fingerprint density at radius 1 is 1.45 bits per heavy atom. The van der Waals surface area contributed by atoms with E-state index in [0.717, 1.165) is 6.07 Å². The van der Waals surface area contributed by atoms with Crippen LogP contribution in [-0.4, -0.2) is 9.97 Å². The Hall–Kier alpha value is -2.68. The van der Waals surface area contributed by atoms with Gasteiger partial charge >= 0.3 is 0 Å². The van der Waals surface area contributed by atoms with Crippen molar-refractivity contribution in [2.75, 3.05) is 5.32 Å². The van der Waals surface area contributed by atoms with E-state index < -0.39 is 5.82 Å². The Balaban J connectivity index is 2.43. The van der Waals surface area contributed by atoms with E-state index in [2.05, 4.69) is 15.3 Å². The van der Waals surface area contributed by atoms with E-state index in [1.165, 1.54) is 18.5 Å². The van der Waals surface area contributed by atoms with Gasteiger partial charge in [-0.25, -0.2) is 9.37 Å². The number of H-pyrrole nitrogens is 1. The molecule has 0 atom stereocenters. The van der Waals surface area contributed by atoms with Crippen molar-refractivity contribution in [2.45, 2.75) is 19.8 Å². The van der Waals surface area contributed by atoms with Gasteiger partial charge in [-0.3, -0.25) is 4.79 Å². The number of hydrogen-bond donors (Lipinski definition) is 2. The first-order valence-electron chi connectivity index (χ1n) is 6.07. The molecule has 1 aromatic heterocycles. The number of aromatic nitrogens is 2. The molecule has 20 heavy (non-hydrogen) atoms. The molecule has 0 unspecified atom stereocenters. The maximum Gasteiger partial charge on any atom is 0.256 e. The summed E-state index contributed by atoms with van der Waals surface area (Å²) in [5.41, 5.74) is 0.600. The molecule has 1 heterocycles. The van der Waals surface area contributed by atoms with Gasteiger partial charge in [-0.15, -0.1) is 0 Å². The van der Waals surface area contributed by atoms with E-state index in [0.29, 0.717) is 11.4 Å². The maximum absolute atomic E-state index is 13.8. The van der Waals surface area contributed by atoms with E-state index in [9.17, 15) is 9.18 Å². The van der Waals surface area contributed by atoms with Gasteiger partial charge < -0.3 is 10.3 Å². The highest BCUT2D eigenvalue weighted by Gasteiger charge is 2.14. The molecule has 0 radical (unpaired) electrons. The summed E-state index contributed by atoms with van der Waals surface area (Å²) in [6, 6.07) is 5.93.